The third-order valence-corrected chi connectivity index (χ3v) is 5.30. The Morgan fingerprint density at radius 1 is 0.806 bits per heavy atom. The first-order valence-electron chi connectivity index (χ1n) is 9.73. The second-order valence-corrected chi connectivity index (χ2v) is 7.44. The van der Waals surface area contributed by atoms with Crippen LogP contribution in [0, 0.1) is 0 Å². The Bertz CT molecular complexity index is 1130. The average molecular weight is 436 g/mol. The van der Waals surface area contributed by atoms with E-state index >= 15 is 0 Å². The van der Waals surface area contributed by atoms with Gasteiger partial charge in [-0.15, -0.1) is 0 Å². The summed E-state index contributed by atoms with van der Waals surface area (Å²) in [5.41, 5.74) is 2.71. The van der Waals surface area contributed by atoms with Crippen molar-refractivity contribution in [2.45, 2.75) is 13.1 Å². The zero-order valence-corrected chi connectivity index (χ0v) is 18.0. The summed E-state index contributed by atoms with van der Waals surface area (Å²) in [5, 5.41) is 11.4. The van der Waals surface area contributed by atoms with Crippen LogP contribution >= 0.6 is 11.6 Å². The summed E-state index contributed by atoms with van der Waals surface area (Å²) in [5.74, 6) is 1.86. The molecule has 0 unspecified atom stereocenters. The van der Waals surface area contributed by atoms with E-state index in [2.05, 4.69) is 9.97 Å². The summed E-state index contributed by atoms with van der Waals surface area (Å²) in [7, 11) is 3.28. The Morgan fingerprint density at radius 2 is 1.35 bits per heavy atom. The lowest BCUT2D eigenvalue weighted by atomic mass is 10.1. The summed E-state index contributed by atoms with van der Waals surface area (Å²) in [4.78, 5) is 11.0. The SMILES string of the molecule is COc1ccc(CN(Cc2ccc(OC)cc2)c2nc(O)c3c(Cl)cccc3n2)cc1. The maximum absolute atomic E-state index is 10.6. The molecule has 1 heterocycles. The van der Waals surface area contributed by atoms with Gasteiger partial charge in [0, 0.05) is 13.1 Å². The second kappa shape index (κ2) is 9.10. The van der Waals surface area contributed by atoms with Gasteiger partial charge in [-0.25, -0.2) is 4.98 Å². The molecule has 158 valence electrons. The van der Waals surface area contributed by atoms with Gasteiger partial charge in [0.2, 0.25) is 11.8 Å². The van der Waals surface area contributed by atoms with Gasteiger partial charge in [0.15, 0.2) is 0 Å². The van der Waals surface area contributed by atoms with Crippen molar-refractivity contribution in [2.75, 3.05) is 19.1 Å². The van der Waals surface area contributed by atoms with E-state index in [1.54, 1.807) is 26.4 Å². The van der Waals surface area contributed by atoms with Crippen LogP contribution in [0.2, 0.25) is 5.02 Å². The molecule has 1 aromatic heterocycles. The van der Waals surface area contributed by atoms with Crippen molar-refractivity contribution in [3.8, 4) is 17.4 Å². The molecule has 4 aromatic rings. The minimum atomic E-state index is -0.139. The van der Waals surface area contributed by atoms with Crippen molar-refractivity contribution in [3.63, 3.8) is 0 Å². The standard InChI is InChI=1S/C24H22ClN3O3/c1-30-18-10-6-16(7-11-18)14-28(15-17-8-12-19(31-2)13-9-17)24-26-21-5-3-4-20(25)22(21)23(29)27-24/h3-13H,14-15H2,1-2H3,(H,26,27,29). The van der Waals surface area contributed by atoms with Gasteiger partial charge in [-0.1, -0.05) is 41.9 Å². The molecule has 3 aromatic carbocycles. The summed E-state index contributed by atoms with van der Waals surface area (Å²) >= 11 is 6.23. The first-order valence-corrected chi connectivity index (χ1v) is 10.1. The van der Waals surface area contributed by atoms with Gasteiger partial charge < -0.3 is 19.5 Å². The molecule has 7 heteroatoms. The number of fused-ring (bicyclic) bond motifs is 1. The van der Waals surface area contributed by atoms with Crippen LogP contribution < -0.4 is 14.4 Å². The number of methoxy groups -OCH3 is 2. The largest absolute Gasteiger partial charge is 0.497 e. The number of aromatic hydroxyl groups is 1. The number of anilines is 1. The third-order valence-electron chi connectivity index (χ3n) is 4.99. The van der Waals surface area contributed by atoms with Gasteiger partial charge in [0.05, 0.1) is 30.1 Å². The van der Waals surface area contributed by atoms with E-state index < -0.39 is 0 Å². The summed E-state index contributed by atoms with van der Waals surface area (Å²) in [6.07, 6.45) is 0. The normalized spacial score (nSPS) is 10.8. The Balaban J connectivity index is 1.72. The van der Waals surface area contributed by atoms with Crippen molar-refractivity contribution in [1.82, 2.24) is 9.97 Å². The van der Waals surface area contributed by atoms with Gasteiger partial charge in [0.25, 0.3) is 0 Å². The lowest BCUT2D eigenvalue weighted by Gasteiger charge is -2.24. The molecule has 0 amide bonds. The van der Waals surface area contributed by atoms with Crippen LogP contribution in [0.5, 0.6) is 17.4 Å². The first kappa shape index (κ1) is 20.8. The molecule has 0 bridgehead atoms. The highest BCUT2D eigenvalue weighted by molar-refractivity contribution is 6.35. The predicted octanol–water partition coefficient (Wildman–Crippen LogP) is 5.21. The average Bonchev–Trinajstić information content (AvgIpc) is 2.79. The van der Waals surface area contributed by atoms with E-state index in [1.807, 2.05) is 59.5 Å². The number of benzene rings is 3. The molecule has 0 radical (unpaired) electrons. The fraction of sp³-hybridized carbons (Fsp3) is 0.167. The van der Waals surface area contributed by atoms with Crippen LogP contribution in [-0.2, 0) is 13.1 Å². The molecule has 0 aliphatic rings. The van der Waals surface area contributed by atoms with E-state index in [0.717, 1.165) is 22.6 Å². The summed E-state index contributed by atoms with van der Waals surface area (Å²) in [6, 6.07) is 21.0. The Kier molecular flexibility index (Phi) is 6.09. The number of hydrogen-bond acceptors (Lipinski definition) is 6. The highest BCUT2D eigenvalue weighted by Gasteiger charge is 2.16. The minimum absolute atomic E-state index is 0.139. The van der Waals surface area contributed by atoms with Crippen LogP contribution in [0.15, 0.2) is 66.7 Å². The molecule has 0 saturated heterocycles. The highest BCUT2D eigenvalue weighted by atomic mass is 35.5. The highest BCUT2D eigenvalue weighted by Crippen LogP contribution is 2.31. The summed E-state index contributed by atoms with van der Waals surface area (Å²) < 4.78 is 10.5. The van der Waals surface area contributed by atoms with Crippen molar-refractivity contribution in [3.05, 3.63) is 82.9 Å². The van der Waals surface area contributed by atoms with E-state index in [0.29, 0.717) is 35.0 Å². The van der Waals surface area contributed by atoms with Crippen LogP contribution in [0.4, 0.5) is 5.95 Å². The van der Waals surface area contributed by atoms with Crippen molar-refractivity contribution >= 4 is 28.5 Å². The molecule has 6 nitrogen and oxygen atoms in total. The van der Waals surface area contributed by atoms with Crippen molar-refractivity contribution in [2.24, 2.45) is 0 Å². The Hall–Kier alpha value is -3.51. The lowest BCUT2D eigenvalue weighted by molar-refractivity contribution is 0.414. The quantitative estimate of drug-likeness (QED) is 0.429. The maximum Gasteiger partial charge on any atom is 0.229 e. The zero-order chi connectivity index (χ0) is 21.8. The molecule has 0 atom stereocenters. The monoisotopic (exact) mass is 435 g/mol. The smallest absolute Gasteiger partial charge is 0.229 e. The van der Waals surface area contributed by atoms with Gasteiger partial charge >= 0.3 is 0 Å². The Morgan fingerprint density at radius 3 is 1.87 bits per heavy atom. The Labute approximate surface area is 185 Å². The molecule has 0 spiro atoms. The zero-order valence-electron chi connectivity index (χ0n) is 17.2. The summed E-state index contributed by atoms with van der Waals surface area (Å²) in [6.45, 7) is 1.09. The molecule has 0 aliphatic heterocycles. The number of halogens is 1. The number of ether oxygens (including phenoxy) is 2. The predicted molar refractivity (Wildman–Crippen MR) is 122 cm³/mol. The fourth-order valence-corrected chi connectivity index (χ4v) is 3.61. The molecule has 0 saturated carbocycles. The molecule has 1 N–H and O–H groups in total. The fourth-order valence-electron chi connectivity index (χ4n) is 3.35. The van der Waals surface area contributed by atoms with Gasteiger partial charge in [-0.05, 0) is 47.5 Å². The molecular weight excluding hydrogens is 414 g/mol. The van der Waals surface area contributed by atoms with E-state index in [-0.39, 0.29) is 5.88 Å². The maximum atomic E-state index is 10.6. The van der Waals surface area contributed by atoms with Crippen LogP contribution in [-0.4, -0.2) is 29.3 Å². The number of nitrogens with zero attached hydrogens (tertiary/aromatic N) is 3. The molecule has 0 fully saturated rings. The topological polar surface area (TPSA) is 67.7 Å². The van der Waals surface area contributed by atoms with Crippen molar-refractivity contribution < 1.29 is 14.6 Å². The minimum Gasteiger partial charge on any atom is -0.497 e. The van der Waals surface area contributed by atoms with E-state index in [4.69, 9.17) is 21.1 Å². The molecule has 4 rings (SSSR count). The first-order chi connectivity index (χ1) is 15.1. The van der Waals surface area contributed by atoms with Crippen LogP contribution in [0.25, 0.3) is 10.9 Å². The second-order valence-electron chi connectivity index (χ2n) is 7.03. The van der Waals surface area contributed by atoms with Gasteiger partial charge in [-0.2, -0.15) is 4.98 Å². The van der Waals surface area contributed by atoms with Gasteiger partial charge in [-0.3, -0.25) is 0 Å². The van der Waals surface area contributed by atoms with E-state index in [9.17, 15) is 5.11 Å². The molecular formula is C24H22ClN3O3. The lowest BCUT2D eigenvalue weighted by Crippen LogP contribution is -2.24. The van der Waals surface area contributed by atoms with Crippen LogP contribution in [0.1, 0.15) is 11.1 Å². The number of hydrogen-bond donors (Lipinski definition) is 1. The third kappa shape index (κ3) is 4.64. The van der Waals surface area contributed by atoms with Gasteiger partial charge in [0.1, 0.15) is 11.5 Å². The number of aromatic nitrogens is 2. The van der Waals surface area contributed by atoms with E-state index in [1.165, 1.54) is 0 Å². The molecule has 0 aliphatic carbocycles. The van der Waals surface area contributed by atoms with Crippen molar-refractivity contribution in [1.29, 1.82) is 0 Å². The molecule has 31 heavy (non-hydrogen) atoms. The van der Waals surface area contributed by atoms with Crippen LogP contribution in [0.3, 0.4) is 0 Å². The number of rotatable bonds is 7.